The van der Waals surface area contributed by atoms with E-state index in [9.17, 15) is 8.42 Å². The Morgan fingerprint density at radius 1 is 1.06 bits per heavy atom. The molecular weight excluding hydrogens is 458 g/mol. The second kappa shape index (κ2) is 8.99. The summed E-state index contributed by atoms with van der Waals surface area (Å²) < 4.78 is 33.0. The maximum atomic E-state index is 12.8. The number of piperazine rings is 1. The molecule has 1 aliphatic rings. The predicted molar refractivity (Wildman–Crippen MR) is 123 cm³/mol. The van der Waals surface area contributed by atoms with E-state index in [1.165, 1.54) is 4.31 Å². The number of hydrogen-bond donors (Lipinski definition) is 1. The third-order valence-electron chi connectivity index (χ3n) is 4.87. The Hall–Kier alpha value is -2.40. The van der Waals surface area contributed by atoms with Crippen LogP contribution in [0.1, 0.15) is 5.69 Å². The standard InChI is InChI=1S/C20H22ClN5O3S2/c1-14-13-18(23-15-3-5-16(29-2)6-4-15)24-20(22-14)25-9-11-26(12-10-25)31(27,28)19-8-7-17(21)30-19/h3-8,13H,9-12H2,1-2H3,(H,22,23,24). The third kappa shape index (κ3) is 4.93. The molecule has 4 rings (SSSR count). The summed E-state index contributed by atoms with van der Waals surface area (Å²) in [4.78, 5) is 11.2. The third-order valence-corrected chi connectivity index (χ3v) is 8.47. The van der Waals surface area contributed by atoms with Crippen molar-refractivity contribution in [3.05, 3.63) is 52.5 Å². The number of anilines is 3. The van der Waals surface area contributed by atoms with Crippen molar-refractivity contribution in [1.29, 1.82) is 0 Å². The van der Waals surface area contributed by atoms with E-state index in [-0.39, 0.29) is 4.21 Å². The molecule has 0 radical (unpaired) electrons. The first-order valence-corrected chi connectivity index (χ1v) is 12.3. The lowest BCUT2D eigenvalue weighted by Crippen LogP contribution is -2.49. The maximum Gasteiger partial charge on any atom is 0.252 e. The zero-order valence-corrected chi connectivity index (χ0v) is 19.5. The number of benzene rings is 1. The van der Waals surface area contributed by atoms with Gasteiger partial charge in [-0.15, -0.1) is 11.3 Å². The summed E-state index contributed by atoms with van der Waals surface area (Å²) in [6, 6.07) is 12.6. The number of thiophene rings is 1. The highest BCUT2D eigenvalue weighted by molar-refractivity contribution is 7.91. The van der Waals surface area contributed by atoms with Crippen LogP contribution in [0.5, 0.6) is 5.75 Å². The molecule has 2 aromatic heterocycles. The van der Waals surface area contributed by atoms with Crippen molar-refractivity contribution in [3.8, 4) is 5.75 Å². The van der Waals surface area contributed by atoms with Gasteiger partial charge in [0.25, 0.3) is 10.0 Å². The molecule has 0 saturated carbocycles. The summed E-state index contributed by atoms with van der Waals surface area (Å²) in [6.07, 6.45) is 0. The molecule has 1 fully saturated rings. The van der Waals surface area contributed by atoms with Gasteiger partial charge in [-0.2, -0.15) is 9.29 Å². The van der Waals surface area contributed by atoms with Crippen LogP contribution < -0.4 is 15.0 Å². The van der Waals surface area contributed by atoms with Gasteiger partial charge in [-0.3, -0.25) is 0 Å². The molecule has 1 aromatic carbocycles. The fraction of sp³-hybridized carbons (Fsp3) is 0.300. The fourth-order valence-electron chi connectivity index (χ4n) is 3.27. The van der Waals surface area contributed by atoms with Crippen LogP contribution in [-0.4, -0.2) is 56.0 Å². The van der Waals surface area contributed by atoms with Crippen LogP contribution in [0.25, 0.3) is 0 Å². The summed E-state index contributed by atoms with van der Waals surface area (Å²) in [5.41, 5.74) is 1.71. The summed E-state index contributed by atoms with van der Waals surface area (Å²) >= 11 is 6.98. The van der Waals surface area contributed by atoms with Crippen LogP contribution in [0.3, 0.4) is 0 Å². The molecule has 31 heavy (non-hydrogen) atoms. The Bertz CT molecular complexity index is 1160. The van der Waals surface area contributed by atoms with E-state index in [4.69, 9.17) is 16.3 Å². The topological polar surface area (TPSA) is 87.7 Å². The Kier molecular flexibility index (Phi) is 6.33. The quantitative estimate of drug-likeness (QED) is 0.575. The monoisotopic (exact) mass is 479 g/mol. The van der Waals surface area contributed by atoms with Gasteiger partial charge in [0.1, 0.15) is 15.8 Å². The zero-order chi connectivity index (χ0) is 22.0. The number of aryl methyl sites for hydroxylation is 1. The molecule has 3 heterocycles. The van der Waals surface area contributed by atoms with Crippen molar-refractivity contribution in [1.82, 2.24) is 14.3 Å². The van der Waals surface area contributed by atoms with Gasteiger partial charge in [0.15, 0.2) is 0 Å². The fourth-order valence-corrected chi connectivity index (χ4v) is 6.33. The number of methoxy groups -OCH3 is 1. The van der Waals surface area contributed by atoms with Crippen molar-refractivity contribution in [3.63, 3.8) is 0 Å². The van der Waals surface area contributed by atoms with E-state index in [2.05, 4.69) is 15.3 Å². The van der Waals surface area contributed by atoms with E-state index in [1.807, 2.05) is 42.2 Å². The minimum absolute atomic E-state index is 0.267. The first kappa shape index (κ1) is 21.8. The number of ether oxygens (including phenoxy) is 1. The van der Waals surface area contributed by atoms with Crippen molar-refractivity contribution in [2.45, 2.75) is 11.1 Å². The average Bonchev–Trinajstić information content (AvgIpc) is 3.21. The van der Waals surface area contributed by atoms with Gasteiger partial charge in [-0.05, 0) is 43.3 Å². The second-order valence-corrected chi connectivity index (χ2v) is 10.9. The molecule has 164 valence electrons. The largest absolute Gasteiger partial charge is 0.497 e. The molecule has 1 saturated heterocycles. The lowest BCUT2D eigenvalue weighted by molar-refractivity contribution is 0.383. The Labute approximate surface area is 190 Å². The Morgan fingerprint density at radius 2 is 1.77 bits per heavy atom. The van der Waals surface area contributed by atoms with Crippen molar-refractivity contribution in [2.75, 3.05) is 43.5 Å². The van der Waals surface area contributed by atoms with E-state index in [0.29, 0.717) is 42.3 Å². The van der Waals surface area contributed by atoms with E-state index in [1.54, 1.807) is 19.2 Å². The molecular formula is C20H22ClN5O3S2. The molecule has 0 atom stereocenters. The van der Waals surface area contributed by atoms with E-state index >= 15 is 0 Å². The van der Waals surface area contributed by atoms with Gasteiger partial charge in [-0.1, -0.05) is 11.6 Å². The summed E-state index contributed by atoms with van der Waals surface area (Å²) in [5, 5.41) is 3.28. The first-order valence-electron chi connectivity index (χ1n) is 9.62. The normalized spacial score (nSPS) is 15.1. The lowest BCUT2D eigenvalue weighted by atomic mass is 10.3. The van der Waals surface area contributed by atoms with Gasteiger partial charge < -0.3 is 15.0 Å². The van der Waals surface area contributed by atoms with Gasteiger partial charge in [0, 0.05) is 43.6 Å². The van der Waals surface area contributed by atoms with Crippen LogP contribution in [0.15, 0.2) is 46.7 Å². The van der Waals surface area contributed by atoms with Crippen LogP contribution in [0, 0.1) is 6.92 Å². The molecule has 1 N–H and O–H groups in total. The highest BCUT2D eigenvalue weighted by Crippen LogP contribution is 2.29. The molecule has 0 spiro atoms. The zero-order valence-electron chi connectivity index (χ0n) is 17.1. The number of hydrogen-bond acceptors (Lipinski definition) is 8. The maximum absolute atomic E-state index is 12.8. The molecule has 0 amide bonds. The minimum atomic E-state index is -3.53. The number of aromatic nitrogens is 2. The highest BCUT2D eigenvalue weighted by Gasteiger charge is 2.30. The summed E-state index contributed by atoms with van der Waals surface area (Å²) in [7, 11) is -1.90. The molecule has 0 bridgehead atoms. The van der Waals surface area contributed by atoms with Crippen molar-refractivity contribution < 1.29 is 13.2 Å². The minimum Gasteiger partial charge on any atom is -0.497 e. The number of nitrogens with zero attached hydrogens (tertiary/aromatic N) is 4. The lowest BCUT2D eigenvalue weighted by Gasteiger charge is -2.33. The van der Waals surface area contributed by atoms with Crippen molar-refractivity contribution in [2.24, 2.45) is 0 Å². The first-order chi connectivity index (χ1) is 14.8. The van der Waals surface area contributed by atoms with Crippen LogP contribution in [-0.2, 0) is 10.0 Å². The summed E-state index contributed by atoms with van der Waals surface area (Å²) in [6.45, 7) is 3.63. The molecule has 0 unspecified atom stereocenters. The van der Waals surface area contributed by atoms with E-state index in [0.717, 1.165) is 28.5 Å². The number of halogens is 1. The van der Waals surface area contributed by atoms with Gasteiger partial charge >= 0.3 is 0 Å². The van der Waals surface area contributed by atoms with E-state index < -0.39 is 10.0 Å². The van der Waals surface area contributed by atoms with Crippen LogP contribution >= 0.6 is 22.9 Å². The van der Waals surface area contributed by atoms with Gasteiger partial charge in [0.05, 0.1) is 11.4 Å². The number of rotatable bonds is 6. The Balaban J connectivity index is 1.45. The SMILES string of the molecule is COc1ccc(Nc2cc(C)nc(N3CCN(S(=O)(=O)c4ccc(Cl)s4)CC3)n2)cc1. The molecule has 11 heteroatoms. The average molecular weight is 480 g/mol. The highest BCUT2D eigenvalue weighted by atomic mass is 35.5. The van der Waals surface area contributed by atoms with Crippen molar-refractivity contribution >= 4 is 50.4 Å². The second-order valence-electron chi connectivity index (χ2n) is 7.00. The predicted octanol–water partition coefficient (Wildman–Crippen LogP) is 3.76. The molecule has 0 aliphatic carbocycles. The van der Waals surface area contributed by atoms with Crippen LogP contribution in [0.2, 0.25) is 4.34 Å². The number of sulfonamides is 1. The summed E-state index contributed by atoms with van der Waals surface area (Å²) in [5.74, 6) is 2.03. The molecule has 8 nitrogen and oxygen atoms in total. The van der Waals surface area contributed by atoms with Gasteiger partial charge in [-0.25, -0.2) is 13.4 Å². The molecule has 3 aromatic rings. The number of nitrogens with one attached hydrogen (secondary N) is 1. The van der Waals surface area contributed by atoms with Gasteiger partial charge in [0.2, 0.25) is 5.95 Å². The molecule has 1 aliphatic heterocycles. The van der Waals surface area contributed by atoms with Crippen LogP contribution in [0.4, 0.5) is 17.5 Å². The Morgan fingerprint density at radius 3 is 2.39 bits per heavy atom. The smallest absolute Gasteiger partial charge is 0.252 e.